The SMILES string of the molecule is O=C1Oc2ccn(n2)OC1=O. The van der Waals surface area contributed by atoms with Gasteiger partial charge in [0.05, 0.1) is 6.20 Å². The Morgan fingerprint density at radius 3 is 3.00 bits per heavy atom. The van der Waals surface area contributed by atoms with Gasteiger partial charge in [0, 0.05) is 6.07 Å². The normalized spacial score (nSPS) is 15.3. The number of hydrogen-bond acceptors (Lipinski definition) is 5. The molecule has 6 heteroatoms. The molecule has 2 heterocycles. The van der Waals surface area contributed by atoms with Crippen LogP contribution >= 0.6 is 0 Å². The van der Waals surface area contributed by atoms with Gasteiger partial charge in [-0.15, -0.1) is 0 Å². The van der Waals surface area contributed by atoms with Gasteiger partial charge in [0.2, 0.25) is 5.88 Å². The van der Waals surface area contributed by atoms with Crippen LogP contribution in [0.4, 0.5) is 0 Å². The topological polar surface area (TPSA) is 70.4 Å². The number of rotatable bonds is 0. The fourth-order valence-electron chi connectivity index (χ4n) is 0.655. The summed E-state index contributed by atoms with van der Waals surface area (Å²) < 4.78 is 4.42. The molecule has 2 rings (SSSR count). The van der Waals surface area contributed by atoms with Gasteiger partial charge in [-0.1, -0.05) is 9.94 Å². The Kier molecular flexibility index (Phi) is 0.974. The molecule has 0 spiro atoms. The van der Waals surface area contributed by atoms with Crippen molar-refractivity contribution in [3.8, 4) is 5.88 Å². The van der Waals surface area contributed by atoms with E-state index < -0.39 is 11.9 Å². The molecule has 1 aliphatic heterocycles. The molecule has 0 radical (unpaired) electrons. The lowest BCUT2D eigenvalue weighted by atomic mass is 10.6. The molecule has 0 aliphatic carbocycles. The number of nitrogens with zero attached hydrogens (tertiary/aromatic N) is 2. The van der Waals surface area contributed by atoms with E-state index >= 15 is 0 Å². The van der Waals surface area contributed by atoms with Crippen LogP contribution in [0.1, 0.15) is 0 Å². The molecule has 0 unspecified atom stereocenters. The summed E-state index contributed by atoms with van der Waals surface area (Å²) in [5.74, 6) is -2.08. The highest BCUT2D eigenvalue weighted by Crippen LogP contribution is 2.07. The second kappa shape index (κ2) is 1.82. The van der Waals surface area contributed by atoms with Gasteiger partial charge < -0.3 is 9.57 Å². The summed E-state index contributed by atoms with van der Waals surface area (Å²) in [6.07, 6.45) is 1.36. The predicted octanol–water partition coefficient (Wildman–Crippen LogP) is -1.24. The monoisotopic (exact) mass is 154 g/mol. The van der Waals surface area contributed by atoms with E-state index in [1.165, 1.54) is 12.3 Å². The summed E-state index contributed by atoms with van der Waals surface area (Å²) in [4.78, 5) is 26.3. The molecule has 0 fully saturated rings. The van der Waals surface area contributed by atoms with E-state index in [9.17, 15) is 9.59 Å². The van der Waals surface area contributed by atoms with Gasteiger partial charge in [-0.3, -0.25) is 0 Å². The molecule has 0 aromatic carbocycles. The quantitative estimate of drug-likeness (QED) is 0.345. The van der Waals surface area contributed by atoms with Crippen molar-refractivity contribution in [2.75, 3.05) is 0 Å². The van der Waals surface area contributed by atoms with Gasteiger partial charge in [-0.25, -0.2) is 9.59 Å². The summed E-state index contributed by atoms with van der Waals surface area (Å²) in [7, 11) is 0. The lowest BCUT2D eigenvalue weighted by Gasteiger charge is -1.96. The highest BCUT2D eigenvalue weighted by atomic mass is 16.7. The fourth-order valence-corrected chi connectivity index (χ4v) is 0.655. The summed E-state index contributed by atoms with van der Waals surface area (Å²) >= 11 is 0. The second-order valence-electron chi connectivity index (χ2n) is 1.82. The Balaban J connectivity index is 2.44. The highest BCUT2D eigenvalue weighted by molar-refractivity contribution is 6.30. The van der Waals surface area contributed by atoms with Crippen molar-refractivity contribution in [2.45, 2.75) is 0 Å². The van der Waals surface area contributed by atoms with Crippen molar-refractivity contribution in [1.82, 2.24) is 9.94 Å². The van der Waals surface area contributed by atoms with Crippen LogP contribution in [0, 0.1) is 0 Å². The average molecular weight is 154 g/mol. The minimum absolute atomic E-state index is 0.0563. The summed E-state index contributed by atoms with van der Waals surface area (Å²) in [6, 6.07) is 1.41. The van der Waals surface area contributed by atoms with Gasteiger partial charge in [0.15, 0.2) is 0 Å². The maximum absolute atomic E-state index is 10.6. The van der Waals surface area contributed by atoms with Gasteiger partial charge in [-0.2, -0.15) is 0 Å². The standard InChI is InChI=1S/C5H2N2O4/c8-4-5(9)11-7-2-1-3(6-7)10-4/h1-2H. The van der Waals surface area contributed by atoms with E-state index in [4.69, 9.17) is 0 Å². The first-order chi connectivity index (χ1) is 5.25. The largest absolute Gasteiger partial charge is 0.443 e. The average Bonchev–Trinajstić information content (AvgIpc) is 2.30. The maximum Gasteiger partial charge on any atom is 0.443 e. The molecule has 1 aromatic rings. The first-order valence-corrected chi connectivity index (χ1v) is 2.76. The Bertz CT molecular complexity index is 298. The van der Waals surface area contributed by atoms with E-state index in [-0.39, 0.29) is 5.88 Å². The first-order valence-electron chi connectivity index (χ1n) is 2.76. The van der Waals surface area contributed by atoms with E-state index in [2.05, 4.69) is 14.7 Å². The fraction of sp³-hybridized carbons (Fsp3) is 0. The molecule has 6 nitrogen and oxygen atoms in total. The predicted molar refractivity (Wildman–Crippen MR) is 29.4 cm³/mol. The molecule has 0 atom stereocenters. The van der Waals surface area contributed by atoms with Crippen molar-refractivity contribution >= 4 is 11.9 Å². The van der Waals surface area contributed by atoms with Crippen LogP contribution in [-0.4, -0.2) is 21.9 Å². The van der Waals surface area contributed by atoms with Crippen LogP contribution < -0.4 is 9.57 Å². The number of carbonyl (C=O) groups is 2. The van der Waals surface area contributed by atoms with E-state index in [1.54, 1.807) is 0 Å². The molecule has 0 amide bonds. The highest BCUT2D eigenvalue weighted by Gasteiger charge is 2.24. The van der Waals surface area contributed by atoms with Gasteiger partial charge in [0.25, 0.3) is 0 Å². The molecule has 56 valence electrons. The minimum Gasteiger partial charge on any atom is -0.397 e. The van der Waals surface area contributed by atoms with Gasteiger partial charge in [-0.05, 0) is 0 Å². The third-order valence-corrected chi connectivity index (χ3v) is 1.08. The minimum atomic E-state index is -1.08. The summed E-state index contributed by atoms with van der Waals surface area (Å²) in [5, 5.41) is 3.54. The molecular formula is C5H2N2O4. The second-order valence-corrected chi connectivity index (χ2v) is 1.82. The zero-order valence-corrected chi connectivity index (χ0v) is 5.18. The van der Waals surface area contributed by atoms with Crippen LogP contribution in [0.25, 0.3) is 0 Å². The molecule has 1 aromatic heterocycles. The Morgan fingerprint density at radius 1 is 1.36 bits per heavy atom. The Labute approximate surface area is 60.3 Å². The van der Waals surface area contributed by atoms with Crippen molar-refractivity contribution < 1.29 is 19.2 Å². The number of aromatic nitrogens is 2. The first kappa shape index (κ1) is 5.90. The zero-order valence-electron chi connectivity index (χ0n) is 5.18. The van der Waals surface area contributed by atoms with E-state index in [0.717, 1.165) is 4.85 Å². The Morgan fingerprint density at radius 2 is 2.18 bits per heavy atom. The van der Waals surface area contributed by atoms with Crippen LogP contribution in [0.15, 0.2) is 12.3 Å². The van der Waals surface area contributed by atoms with Gasteiger partial charge >= 0.3 is 11.9 Å². The third-order valence-electron chi connectivity index (χ3n) is 1.08. The lowest BCUT2D eigenvalue weighted by molar-refractivity contribution is -0.161. The summed E-state index contributed by atoms with van der Waals surface area (Å²) in [6.45, 7) is 0. The molecule has 0 saturated carbocycles. The van der Waals surface area contributed by atoms with Crippen molar-refractivity contribution in [3.63, 3.8) is 0 Å². The molecule has 0 N–H and O–H groups in total. The number of ether oxygens (including phenoxy) is 1. The lowest BCUT2D eigenvalue weighted by Crippen LogP contribution is -2.28. The molecular weight excluding hydrogens is 152 g/mol. The van der Waals surface area contributed by atoms with Crippen LogP contribution in [-0.2, 0) is 9.59 Å². The Hall–Kier alpha value is -1.85. The summed E-state index contributed by atoms with van der Waals surface area (Å²) in [5.41, 5.74) is 0. The number of esters is 1. The van der Waals surface area contributed by atoms with Crippen LogP contribution in [0.3, 0.4) is 0 Å². The molecule has 1 aliphatic rings. The van der Waals surface area contributed by atoms with E-state index in [0.29, 0.717) is 0 Å². The number of carbonyl (C=O) groups excluding carboxylic acids is 2. The molecule has 11 heavy (non-hydrogen) atoms. The molecule has 2 bridgehead atoms. The van der Waals surface area contributed by atoms with Crippen LogP contribution in [0.2, 0.25) is 0 Å². The zero-order chi connectivity index (χ0) is 7.84. The van der Waals surface area contributed by atoms with Crippen molar-refractivity contribution in [1.29, 1.82) is 0 Å². The maximum atomic E-state index is 10.6. The van der Waals surface area contributed by atoms with Crippen molar-refractivity contribution in [2.24, 2.45) is 0 Å². The smallest absolute Gasteiger partial charge is 0.397 e. The van der Waals surface area contributed by atoms with E-state index in [1.807, 2.05) is 0 Å². The van der Waals surface area contributed by atoms with Crippen molar-refractivity contribution in [3.05, 3.63) is 12.3 Å². The number of fused-ring (bicyclic) bond motifs is 2. The molecule has 0 saturated heterocycles. The van der Waals surface area contributed by atoms with Crippen LogP contribution in [0.5, 0.6) is 5.88 Å². The number of hydrogen-bond donors (Lipinski definition) is 0. The third kappa shape index (κ3) is 0.841. The van der Waals surface area contributed by atoms with Gasteiger partial charge in [0.1, 0.15) is 0 Å².